The minimum absolute atomic E-state index is 0.0926. The summed E-state index contributed by atoms with van der Waals surface area (Å²) >= 11 is 0. The van der Waals surface area contributed by atoms with Crippen LogP contribution >= 0.6 is 0 Å². The van der Waals surface area contributed by atoms with Crippen molar-refractivity contribution in [1.82, 2.24) is 0 Å². The van der Waals surface area contributed by atoms with Crippen LogP contribution in [0.1, 0.15) is 36.7 Å². The highest BCUT2D eigenvalue weighted by atomic mass is 16.1. The number of benzene rings is 1. The first kappa shape index (κ1) is 10.8. The molecule has 0 fully saturated rings. The number of ketones is 1. The van der Waals surface area contributed by atoms with Crippen molar-refractivity contribution in [2.24, 2.45) is 5.41 Å². The molecule has 0 aromatic heterocycles. The Morgan fingerprint density at radius 2 is 1.86 bits per heavy atom. The zero-order chi connectivity index (χ0) is 10.9. The van der Waals surface area contributed by atoms with Gasteiger partial charge in [-0.15, -0.1) is 0 Å². The summed E-state index contributed by atoms with van der Waals surface area (Å²) in [5.74, 6) is 0.0926. The van der Waals surface area contributed by atoms with Crippen molar-refractivity contribution < 1.29 is 4.79 Å². The fourth-order valence-electron chi connectivity index (χ4n) is 1.29. The van der Waals surface area contributed by atoms with Gasteiger partial charge < -0.3 is 5.73 Å². The van der Waals surface area contributed by atoms with Crippen LogP contribution in [0, 0.1) is 12.3 Å². The van der Waals surface area contributed by atoms with Crippen LogP contribution < -0.4 is 5.73 Å². The maximum atomic E-state index is 11.9. The molecule has 0 radical (unpaired) electrons. The molecule has 0 saturated heterocycles. The first-order chi connectivity index (χ1) is 6.32. The highest BCUT2D eigenvalue weighted by molar-refractivity contribution is 6.03. The predicted molar refractivity (Wildman–Crippen MR) is 59.4 cm³/mol. The summed E-state index contributed by atoms with van der Waals surface area (Å²) < 4.78 is 0. The van der Waals surface area contributed by atoms with Gasteiger partial charge in [0.1, 0.15) is 0 Å². The lowest BCUT2D eigenvalue weighted by atomic mass is 9.85. The van der Waals surface area contributed by atoms with Crippen molar-refractivity contribution in [2.45, 2.75) is 27.7 Å². The van der Waals surface area contributed by atoms with E-state index in [0.717, 1.165) is 5.56 Å². The molecule has 1 aromatic rings. The molecular formula is C12H17NO. The van der Waals surface area contributed by atoms with Gasteiger partial charge in [0.15, 0.2) is 5.78 Å². The number of hydrogen-bond donors (Lipinski definition) is 1. The van der Waals surface area contributed by atoms with Crippen LogP contribution in [0.3, 0.4) is 0 Å². The van der Waals surface area contributed by atoms with Crippen molar-refractivity contribution >= 4 is 11.5 Å². The largest absolute Gasteiger partial charge is 0.398 e. The Morgan fingerprint density at radius 3 is 2.29 bits per heavy atom. The van der Waals surface area contributed by atoms with E-state index in [2.05, 4.69) is 0 Å². The smallest absolute Gasteiger partial charge is 0.170 e. The zero-order valence-corrected chi connectivity index (χ0v) is 9.22. The van der Waals surface area contributed by atoms with Gasteiger partial charge in [-0.3, -0.25) is 4.79 Å². The average molecular weight is 191 g/mol. The van der Waals surface area contributed by atoms with Gasteiger partial charge in [0, 0.05) is 16.7 Å². The molecule has 0 aliphatic carbocycles. The summed E-state index contributed by atoms with van der Waals surface area (Å²) in [5.41, 5.74) is 7.71. The molecule has 0 unspecified atom stereocenters. The van der Waals surface area contributed by atoms with Crippen LogP contribution in [0.5, 0.6) is 0 Å². The second-order valence-corrected chi connectivity index (χ2v) is 4.67. The molecule has 2 nitrogen and oxygen atoms in total. The number of nitrogen functional groups attached to an aromatic ring is 1. The predicted octanol–water partition coefficient (Wildman–Crippen LogP) is 2.81. The van der Waals surface area contributed by atoms with Gasteiger partial charge in [-0.05, 0) is 24.6 Å². The van der Waals surface area contributed by atoms with E-state index in [9.17, 15) is 4.79 Å². The Morgan fingerprint density at radius 1 is 1.29 bits per heavy atom. The van der Waals surface area contributed by atoms with Crippen LogP contribution in [0.4, 0.5) is 5.69 Å². The molecule has 0 heterocycles. The summed E-state index contributed by atoms with van der Waals surface area (Å²) in [6.07, 6.45) is 0. The van der Waals surface area contributed by atoms with Gasteiger partial charge in [0.2, 0.25) is 0 Å². The quantitative estimate of drug-likeness (QED) is 0.548. The SMILES string of the molecule is Cc1ccc(C(=O)C(C)(C)C)c(N)c1. The van der Waals surface area contributed by atoms with Crippen molar-refractivity contribution in [3.63, 3.8) is 0 Å². The Bertz CT molecular complexity index is 361. The van der Waals surface area contributed by atoms with Crippen molar-refractivity contribution in [2.75, 3.05) is 5.73 Å². The van der Waals surface area contributed by atoms with E-state index in [0.29, 0.717) is 11.3 Å². The number of carbonyl (C=O) groups excluding carboxylic acids is 1. The molecule has 2 heteroatoms. The fraction of sp³-hybridized carbons (Fsp3) is 0.417. The second kappa shape index (κ2) is 3.45. The molecule has 2 N–H and O–H groups in total. The summed E-state index contributed by atoms with van der Waals surface area (Å²) in [6.45, 7) is 7.65. The lowest BCUT2D eigenvalue weighted by molar-refractivity contribution is 0.0859. The molecule has 0 aliphatic rings. The molecule has 0 atom stereocenters. The highest BCUT2D eigenvalue weighted by Crippen LogP contribution is 2.24. The lowest BCUT2D eigenvalue weighted by Crippen LogP contribution is -2.21. The lowest BCUT2D eigenvalue weighted by Gasteiger charge is -2.17. The van der Waals surface area contributed by atoms with Gasteiger partial charge in [-0.25, -0.2) is 0 Å². The standard InChI is InChI=1S/C12H17NO/c1-8-5-6-9(10(13)7-8)11(14)12(2,3)4/h5-7H,13H2,1-4H3. The van der Waals surface area contributed by atoms with Crippen LogP contribution in [-0.2, 0) is 0 Å². The Hall–Kier alpha value is -1.31. The molecule has 14 heavy (non-hydrogen) atoms. The highest BCUT2D eigenvalue weighted by Gasteiger charge is 2.24. The van der Waals surface area contributed by atoms with E-state index in [1.54, 1.807) is 6.07 Å². The monoisotopic (exact) mass is 191 g/mol. The Labute approximate surface area is 85.1 Å². The molecule has 0 amide bonds. The third-order valence-corrected chi connectivity index (χ3v) is 2.13. The van der Waals surface area contributed by atoms with Gasteiger partial charge >= 0.3 is 0 Å². The maximum Gasteiger partial charge on any atom is 0.170 e. The number of carbonyl (C=O) groups is 1. The van der Waals surface area contributed by atoms with Gasteiger partial charge in [-0.1, -0.05) is 26.8 Å². The number of rotatable bonds is 1. The van der Waals surface area contributed by atoms with Crippen molar-refractivity contribution in [3.05, 3.63) is 29.3 Å². The van der Waals surface area contributed by atoms with E-state index >= 15 is 0 Å². The van der Waals surface area contributed by atoms with Crippen molar-refractivity contribution in [1.29, 1.82) is 0 Å². The number of aryl methyl sites for hydroxylation is 1. The van der Waals surface area contributed by atoms with E-state index in [4.69, 9.17) is 5.73 Å². The summed E-state index contributed by atoms with van der Waals surface area (Å²) in [4.78, 5) is 11.9. The number of Topliss-reactive ketones (excluding diaryl/α,β-unsaturated/α-hetero) is 1. The molecular weight excluding hydrogens is 174 g/mol. The van der Waals surface area contributed by atoms with Gasteiger partial charge in [0.05, 0.1) is 0 Å². The van der Waals surface area contributed by atoms with Crippen LogP contribution in [0.25, 0.3) is 0 Å². The molecule has 1 aromatic carbocycles. The number of nitrogens with two attached hydrogens (primary N) is 1. The third kappa shape index (κ3) is 2.13. The first-order valence-corrected chi connectivity index (χ1v) is 4.73. The maximum absolute atomic E-state index is 11.9. The van der Waals surface area contributed by atoms with Gasteiger partial charge in [-0.2, -0.15) is 0 Å². The topological polar surface area (TPSA) is 43.1 Å². The number of hydrogen-bond acceptors (Lipinski definition) is 2. The Kier molecular flexibility index (Phi) is 2.65. The fourth-order valence-corrected chi connectivity index (χ4v) is 1.29. The van der Waals surface area contributed by atoms with E-state index in [1.165, 1.54) is 0 Å². The minimum Gasteiger partial charge on any atom is -0.398 e. The van der Waals surface area contributed by atoms with Crippen LogP contribution in [0.15, 0.2) is 18.2 Å². The minimum atomic E-state index is -0.372. The van der Waals surface area contributed by atoms with Gasteiger partial charge in [0.25, 0.3) is 0 Å². The average Bonchev–Trinajstić information content (AvgIpc) is 2.01. The summed E-state index contributed by atoms with van der Waals surface area (Å²) in [5, 5.41) is 0. The first-order valence-electron chi connectivity index (χ1n) is 4.73. The molecule has 0 aliphatic heterocycles. The molecule has 1 rings (SSSR count). The molecule has 0 bridgehead atoms. The van der Waals surface area contributed by atoms with Crippen LogP contribution in [0.2, 0.25) is 0 Å². The molecule has 0 saturated carbocycles. The Balaban J connectivity index is 3.15. The normalized spacial score (nSPS) is 11.4. The third-order valence-electron chi connectivity index (χ3n) is 2.13. The van der Waals surface area contributed by atoms with E-state index in [-0.39, 0.29) is 11.2 Å². The molecule has 76 valence electrons. The van der Waals surface area contributed by atoms with E-state index in [1.807, 2.05) is 39.8 Å². The van der Waals surface area contributed by atoms with Crippen molar-refractivity contribution in [3.8, 4) is 0 Å². The van der Waals surface area contributed by atoms with Crippen LogP contribution in [-0.4, -0.2) is 5.78 Å². The molecule has 0 spiro atoms. The summed E-state index contributed by atoms with van der Waals surface area (Å²) in [7, 11) is 0. The summed E-state index contributed by atoms with van der Waals surface area (Å²) in [6, 6.07) is 5.55. The number of anilines is 1. The second-order valence-electron chi connectivity index (χ2n) is 4.67. The zero-order valence-electron chi connectivity index (χ0n) is 9.22. The van der Waals surface area contributed by atoms with E-state index < -0.39 is 0 Å².